The third kappa shape index (κ3) is 4.55. The Bertz CT molecular complexity index is 680. The van der Waals surface area contributed by atoms with Crippen LogP contribution in [-0.4, -0.2) is 42.5 Å². The van der Waals surface area contributed by atoms with Crippen LogP contribution in [0.3, 0.4) is 0 Å². The van der Waals surface area contributed by atoms with Crippen molar-refractivity contribution in [2.45, 2.75) is 20.8 Å². The molecule has 24 heavy (non-hydrogen) atoms. The maximum Gasteiger partial charge on any atom is 0.273 e. The van der Waals surface area contributed by atoms with Gasteiger partial charge in [0.25, 0.3) is 5.91 Å². The second kappa shape index (κ2) is 7.77. The first-order valence-corrected chi connectivity index (χ1v) is 8.88. The summed E-state index contributed by atoms with van der Waals surface area (Å²) in [7, 11) is 1.79. The highest BCUT2D eigenvalue weighted by Gasteiger charge is 2.23. The molecule has 0 saturated carbocycles. The number of ether oxygens (including phenoxy) is 1. The molecule has 130 valence electrons. The van der Waals surface area contributed by atoms with E-state index in [1.54, 1.807) is 17.3 Å². The lowest BCUT2D eigenvalue weighted by Crippen LogP contribution is -2.39. The van der Waals surface area contributed by atoms with Crippen molar-refractivity contribution in [1.29, 1.82) is 0 Å². The van der Waals surface area contributed by atoms with Gasteiger partial charge in [-0.25, -0.2) is 4.98 Å². The highest BCUT2D eigenvalue weighted by atomic mass is 32.1. The van der Waals surface area contributed by atoms with Gasteiger partial charge in [0.15, 0.2) is 0 Å². The fourth-order valence-electron chi connectivity index (χ4n) is 2.34. The van der Waals surface area contributed by atoms with Gasteiger partial charge < -0.3 is 15.4 Å². The number of nitrogens with two attached hydrogens (primary N) is 1. The minimum absolute atomic E-state index is 0.0787. The Morgan fingerprint density at radius 2 is 2.00 bits per heavy atom. The number of carbonyl (C=O) groups excluding carboxylic acids is 1. The van der Waals surface area contributed by atoms with Gasteiger partial charge in [0, 0.05) is 24.5 Å². The lowest BCUT2D eigenvalue weighted by Gasteiger charge is -2.28. The van der Waals surface area contributed by atoms with Gasteiger partial charge in [0.2, 0.25) is 0 Å². The quantitative estimate of drug-likeness (QED) is 0.835. The molecule has 1 amide bonds. The zero-order valence-corrected chi connectivity index (χ0v) is 15.5. The molecule has 2 rings (SSSR count). The number of carbonyl (C=O) groups is 1. The fraction of sp³-hybridized carbons (Fsp3) is 0.444. The van der Waals surface area contributed by atoms with E-state index in [4.69, 9.17) is 10.5 Å². The summed E-state index contributed by atoms with van der Waals surface area (Å²) < 4.78 is 5.44. The number of nitrogens with zero attached hydrogens (tertiary/aromatic N) is 2. The van der Waals surface area contributed by atoms with Crippen molar-refractivity contribution >= 4 is 17.2 Å². The topological polar surface area (TPSA) is 68.5 Å². The van der Waals surface area contributed by atoms with Crippen LogP contribution in [0, 0.1) is 5.41 Å². The van der Waals surface area contributed by atoms with Crippen molar-refractivity contribution < 1.29 is 9.53 Å². The zero-order valence-electron chi connectivity index (χ0n) is 14.7. The molecule has 1 aromatic carbocycles. The normalized spacial score (nSPS) is 11.4. The third-order valence-electron chi connectivity index (χ3n) is 3.70. The molecule has 6 heteroatoms. The number of aromatic nitrogens is 1. The van der Waals surface area contributed by atoms with Crippen LogP contribution >= 0.6 is 11.3 Å². The molecule has 2 N–H and O–H groups in total. The summed E-state index contributed by atoms with van der Waals surface area (Å²) in [6.45, 7) is 7.81. The predicted molar refractivity (Wildman–Crippen MR) is 98.5 cm³/mol. The molecular weight excluding hydrogens is 322 g/mol. The van der Waals surface area contributed by atoms with Crippen LogP contribution in [0.2, 0.25) is 0 Å². The third-order valence-corrected chi connectivity index (χ3v) is 4.59. The van der Waals surface area contributed by atoms with Crippen LogP contribution in [0.1, 0.15) is 31.3 Å². The van der Waals surface area contributed by atoms with E-state index >= 15 is 0 Å². The lowest BCUT2D eigenvalue weighted by atomic mass is 9.93. The molecule has 0 radical (unpaired) electrons. The first kappa shape index (κ1) is 18.4. The SMILES string of the molecule is CCOc1ccc(-c2nc(C(=O)N(C)CC(C)(C)CN)cs2)cc1. The predicted octanol–water partition coefficient (Wildman–Crippen LogP) is 3.27. The second-order valence-electron chi connectivity index (χ2n) is 6.52. The van der Waals surface area contributed by atoms with Crippen molar-refractivity contribution in [2.24, 2.45) is 11.1 Å². The van der Waals surface area contributed by atoms with Gasteiger partial charge in [-0.15, -0.1) is 11.3 Å². The van der Waals surface area contributed by atoms with E-state index in [1.165, 1.54) is 11.3 Å². The van der Waals surface area contributed by atoms with Crippen molar-refractivity contribution in [2.75, 3.05) is 26.7 Å². The largest absolute Gasteiger partial charge is 0.494 e. The van der Waals surface area contributed by atoms with Gasteiger partial charge in [-0.05, 0) is 43.1 Å². The monoisotopic (exact) mass is 347 g/mol. The number of hydrogen-bond donors (Lipinski definition) is 1. The average Bonchev–Trinajstić information content (AvgIpc) is 3.04. The summed E-state index contributed by atoms with van der Waals surface area (Å²) in [5, 5.41) is 2.63. The Balaban J connectivity index is 2.10. The van der Waals surface area contributed by atoms with E-state index < -0.39 is 0 Å². The number of hydrogen-bond acceptors (Lipinski definition) is 5. The minimum Gasteiger partial charge on any atom is -0.494 e. The second-order valence-corrected chi connectivity index (χ2v) is 7.38. The van der Waals surface area contributed by atoms with Crippen LogP contribution in [-0.2, 0) is 0 Å². The summed E-state index contributed by atoms with van der Waals surface area (Å²) in [6, 6.07) is 7.74. The smallest absolute Gasteiger partial charge is 0.273 e. The Morgan fingerprint density at radius 3 is 2.58 bits per heavy atom. The van der Waals surface area contributed by atoms with Gasteiger partial charge in [0.05, 0.1) is 6.61 Å². The van der Waals surface area contributed by atoms with E-state index in [2.05, 4.69) is 4.98 Å². The van der Waals surface area contributed by atoms with Crippen LogP contribution in [0.5, 0.6) is 5.75 Å². The molecule has 0 unspecified atom stereocenters. The van der Waals surface area contributed by atoms with E-state index in [9.17, 15) is 4.79 Å². The number of benzene rings is 1. The molecule has 0 saturated heterocycles. The summed E-state index contributed by atoms with van der Waals surface area (Å²) in [5.41, 5.74) is 7.08. The molecule has 0 atom stereocenters. The summed E-state index contributed by atoms with van der Waals surface area (Å²) in [4.78, 5) is 18.7. The molecule has 0 aliphatic rings. The van der Waals surface area contributed by atoms with E-state index in [1.807, 2.05) is 45.0 Å². The number of amides is 1. The molecule has 1 heterocycles. The highest BCUT2D eigenvalue weighted by molar-refractivity contribution is 7.13. The van der Waals surface area contributed by atoms with Gasteiger partial charge >= 0.3 is 0 Å². The number of rotatable bonds is 7. The molecule has 1 aromatic heterocycles. The first-order valence-electron chi connectivity index (χ1n) is 8.00. The van der Waals surface area contributed by atoms with Crippen molar-refractivity contribution in [3.05, 3.63) is 35.3 Å². The molecule has 0 spiro atoms. The van der Waals surface area contributed by atoms with Gasteiger partial charge in [-0.3, -0.25) is 4.79 Å². The lowest BCUT2D eigenvalue weighted by molar-refractivity contribution is 0.0735. The molecule has 5 nitrogen and oxygen atoms in total. The summed E-state index contributed by atoms with van der Waals surface area (Å²) in [5.74, 6) is 0.753. The maximum atomic E-state index is 12.5. The van der Waals surface area contributed by atoms with Crippen molar-refractivity contribution in [3.8, 4) is 16.3 Å². The summed E-state index contributed by atoms with van der Waals surface area (Å²) >= 11 is 1.47. The zero-order chi connectivity index (χ0) is 17.7. The van der Waals surface area contributed by atoms with Gasteiger partial charge in [-0.2, -0.15) is 0 Å². The summed E-state index contributed by atoms with van der Waals surface area (Å²) in [6.07, 6.45) is 0. The highest BCUT2D eigenvalue weighted by Crippen LogP contribution is 2.26. The minimum atomic E-state index is -0.113. The average molecular weight is 347 g/mol. The van der Waals surface area contributed by atoms with Gasteiger partial charge in [-0.1, -0.05) is 13.8 Å². The number of thiazole rings is 1. The standard InChI is InChI=1S/C18H25N3O2S/c1-5-23-14-8-6-13(7-9-14)16-20-15(10-24-16)17(22)21(4)12-18(2,3)11-19/h6-10H,5,11-12,19H2,1-4H3. The molecular formula is C18H25N3O2S. The molecule has 2 aromatic rings. The molecule has 0 bridgehead atoms. The van der Waals surface area contributed by atoms with Gasteiger partial charge in [0.1, 0.15) is 16.5 Å². The molecule has 0 fully saturated rings. The van der Waals surface area contributed by atoms with Crippen molar-refractivity contribution in [3.63, 3.8) is 0 Å². The van der Waals surface area contributed by atoms with E-state index in [0.29, 0.717) is 25.4 Å². The Labute approximate surface area is 147 Å². The molecule has 0 aliphatic heterocycles. The Morgan fingerprint density at radius 1 is 1.33 bits per heavy atom. The Kier molecular flexibility index (Phi) is 5.96. The van der Waals surface area contributed by atoms with Crippen LogP contribution in [0.4, 0.5) is 0 Å². The van der Waals surface area contributed by atoms with Crippen molar-refractivity contribution in [1.82, 2.24) is 9.88 Å². The van der Waals surface area contributed by atoms with Crippen LogP contribution in [0.15, 0.2) is 29.6 Å². The van der Waals surface area contributed by atoms with Crippen LogP contribution in [0.25, 0.3) is 10.6 Å². The van der Waals surface area contributed by atoms with E-state index in [0.717, 1.165) is 16.3 Å². The Hall–Kier alpha value is -1.92. The molecule has 0 aliphatic carbocycles. The van der Waals surface area contributed by atoms with E-state index in [-0.39, 0.29) is 11.3 Å². The van der Waals surface area contributed by atoms with Crippen LogP contribution < -0.4 is 10.5 Å². The first-order chi connectivity index (χ1) is 11.4. The fourth-order valence-corrected chi connectivity index (χ4v) is 3.14. The maximum absolute atomic E-state index is 12.5.